The first-order valence-corrected chi connectivity index (χ1v) is 6.53. The molecule has 1 aromatic carbocycles. The molecule has 0 aliphatic heterocycles. The number of nitrogens with zero attached hydrogens (tertiary/aromatic N) is 2. The highest BCUT2D eigenvalue weighted by molar-refractivity contribution is 6.03. The first kappa shape index (κ1) is 11.2. The molecule has 4 aromatic rings. The maximum Gasteiger partial charge on any atom is 0.154 e. The zero-order valence-electron chi connectivity index (χ0n) is 11.0. The van der Waals surface area contributed by atoms with Crippen LogP contribution in [0, 0.1) is 6.92 Å². The van der Waals surface area contributed by atoms with E-state index >= 15 is 0 Å². The number of pyridine rings is 2. The van der Waals surface area contributed by atoms with Crippen LogP contribution < -0.4 is 0 Å². The largest absolute Gasteiger partial charge is 0.454 e. The highest BCUT2D eigenvalue weighted by Crippen LogP contribution is 2.30. The molecule has 0 bridgehead atoms. The van der Waals surface area contributed by atoms with E-state index in [0.29, 0.717) is 0 Å². The fourth-order valence-electron chi connectivity index (χ4n) is 2.49. The zero-order chi connectivity index (χ0) is 13.5. The Morgan fingerprint density at radius 1 is 0.950 bits per heavy atom. The Balaban J connectivity index is 2.08. The number of hydrogen-bond acceptors (Lipinski definition) is 3. The number of hydrogen-bond donors (Lipinski definition) is 0. The molecule has 0 aliphatic rings. The van der Waals surface area contributed by atoms with Gasteiger partial charge in [-0.1, -0.05) is 18.2 Å². The molecule has 20 heavy (non-hydrogen) atoms. The van der Waals surface area contributed by atoms with Gasteiger partial charge in [-0.05, 0) is 42.8 Å². The van der Waals surface area contributed by atoms with Crippen LogP contribution in [-0.4, -0.2) is 9.97 Å². The second-order valence-corrected chi connectivity index (χ2v) is 4.81. The van der Waals surface area contributed by atoms with Gasteiger partial charge in [0.1, 0.15) is 11.1 Å². The maximum atomic E-state index is 5.84. The van der Waals surface area contributed by atoms with Crippen molar-refractivity contribution in [1.29, 1.82) is 0 Å². The minimum absolute atomic E-state index is 0.823. The molecule has 0 aliphatic carbocycles. The SMILES string of the molecule is Cc1cc2oc3ccccc3c2nc1-c1ccccn1. The van der Waals surface area contributed by atoms with E-state index in [2.05, 4.69) is 4.98 Å². The van der Waals surface area contributed by atoms with Gasteiger partial charge in [-0.15, -0.1) is 0 Å². The third-order valence-electron chi connectivity index (χ3n) is 3.45. The van der Waals surface area contributed by atoms with Gasteiger partial charge < -0.3 is 4.42 Å². The van der Waals surface area contributed by atoms with Crippen LogP contribution in [0.25, 0.3) is 33.5 Å². The first-order valence-electron chi connectivity index (χ1n) is 6.53. The lowest BCUT2D eigenvalue weighted by Gasteiger charge is -2.03. The van der Waals surface area contributed by atoms with E-state index in [-0.39, 0.29) is 0 Å². The molecule has 4 rings (SSSR count). The van der Waals surface area contributed by atoms with E-state index in [0.717, 1.165) is 39.0 Å². The standard InChI is InChI=1S/C17H12N2O/c1-11-10-15-17(12-6-2-3-8-14(12)20-15)19-16(11)13-7-4-5-9-18-13/h2-10H,1H3. The molecule has 0 saturated carbocycles. The monoisotopic (exact) mass is 260 g/mol. The normalized spacial score (nSPS) is 11.2. The highest BCUT2D eigenvalue weighted by atomic mass is 16.3. The van der Waals surface area contributed by atoms with Crippen molar-refractivity contribution in [2.45, 2.75) is 6.92 Å². The fraction of sp³-hybridized carbons (Fsp3) is 0.0588. The number of benzene rings is 1. The van der Waals surface area contributed by atoms with Gasteiger partial charge in [0.25, 0.3) is 0 Å². The number of aryl methyl sites for hydroxylation is 1. The summed E-state index contributed by atoms with van der Waals surface area (Å²) in [6.45, 7) is 2.03. The maximum absolute atomic E-state index is 5.84. The summed E-state index contributed by atoms with van der Waals surface area (Å²) in [6.07, 6.45) is 1.79. The predicted molar refractivity (Wildman–Crippen MR) is 79.5 cm³/mol. The lowest BCUT2D eigenvalue weighted by Crippen LogP contribution is -1.90. The molecule has 0 atom stereocenters. The van der Waals surface area contributed by atoms with Gasteiger partial charge in [0, 0.05) is 11.6 Å². The van der Waals surface area contributed by atoms with Crippen LogP contribution in [0.3, 0.4) is 0 Å². The molecular weight excluding hydrogens is 248 g/mol. The summed E-state index contributed by atoms with van der Waals surface area (Å²) in [5.74, 6) is 0. The van der Waals surface area contributed by atoms with Crippen molar-refractivity contribution in [3.05, 3.63) is 60.3 Å². The summed E-state index contributed by atoms with van der Waals surface area (Å²) in [5, 5.41) is 1.04. The summed E-state index contributed by atoms with van der Waals surface area (Å²) in [7, 11) is 0. The van der Waals surface area contributed by atoms with Crippen LogP contribution in [0.15, 0.2) is 59.1 Å². The minimum Gasteiger partial charge on any atom is -0.454 e. The second kappa shape index (κ2) is 4.17. The molecule has 0 amide bonds. The molecule has 96 valence electrons. The summed E-state index contributed by atoms with van der Waals surface area (Å²) in [5.41, 5.74) is 5.44. The third kappa shape index (κ3) is 1.60. The summed E-state index contributed by atoms with van der Waals surface area (Å²) < 4.78 is 5.84. The van der Waals surface area contributed by atoms with Crippen LogP contribution in [0.2, 0.25) is 0 Å². The number of furan rings is 1. The first-order chi connectivity index (χ1) is 9.83. The Labute approximate surface area is 115 Å². The fourth-order valence-corrected chi connectivity index (χ4v) is 2.49. The van der Waals surface area contributed by atoms with Crippen LogP contribution in [-0.2, 0) is 0 Å². The summed E-state index contributed by atoms with van der Waals surface area (Å²) in [4.78, 5) is 9.16. The van der Waals surface area contributed by atoms with Crippen LogP contribution in [0.5, 0.6) is 0 Å². The molecule has 3 heterocycles. The Morgan fingerprint density at radius 2 is 1.80 bits per heavy atom. The molecule has 3 heteroatoms. The Hall–Kier alpha value is -2.68. The van der Waals surface area contributed by atoms with E-state index in [1.54, 1.807) is 6.20 Å². The third-order valence-corrected chi connectivity index (χ3v) is 3.45. The predicted octanol–water partition coefficient (Wildman–Crippen LogP) is 4.35. The second-order valence-electron chi connectivity index (χ2n) is 4.81. The van der Waals surface area contributed by atoms with Crippen LogP contribution >= 0.6 is 0 Å². The van der Waals surface area contributed by atoms with E-state index in [4.69, 9.17) is 9.40 Å². The lowest BCUT2D eigenvalue weighted by atomic mass is 10.1. The number of aromatic nitrogens is 2. The Bertz CT molecular complexity index is 910. The van der Waals surface area contributed by atoms with Gasteiger partial charge in [-0.2, -0.15) is 0 Å². The van der Waals surface area contributed by atoms with Crippen molar-refractivity contribution in [3.8, 4) is 11.4 Å². The zero-order valence-corrected chi connectivity index (χ0v) is 11.0. The van der Waals surface area contributed by atoms with E-state index < -0.39 is 0 Å². The van der Waals surface area contributed by atoms with Crippen molar-refractivity contribution in [2.24, 2.45) is 0 Å². The Kier molecular flexibility index (Phi) is 2.33. The average molecular weight is 260 g/mol. The van der Waals surface area contributed by atoms with Crippen molar-refractivity contribution in [2.75, 3.05) is 0 Å². The molecule has 0 unspecified atom stereocenters. The van der Waals surface area contributed by atoms with Gasteiger partial charge in [-0.25, -0.2) is 4.98 Å². The molecular formula is C17H12N2O. The van der Waals surface area contributed by atoms with Gasteiger partial charge >= 0.3 is 0 Å². The van der Waals surface area contributed by atoms with Crippen LogP contribution in [0.4, 0.5) is 0 Å². The van der Waals surface area contributed by atoms with E-state index in [1.807, 2.05) is 55.5 Å². The van der Waals surface area contributed by atoms with Crippen molar-refractivity contribution < 1.29 is 4.42 Å². The number of rotatable bonds is 1. The smallest absolute Gasteiger partial charge is 0.154 e. The lowest BCUT2D eigenvalue weighted by molar-refractivity contribution is 0.668. The summed E-state index contributed by atoms with van der Waals surface area (Å²) in [6, 6.07) is 15.9. The van der Waals surface area contributed by atoms with E-state index in [9.17, 15) is 0 Å². The summed E-state index contributed by atoms with van der Waals surface area (Å²) >= 11 is 0. The molecule has 0 radical (unpaired) electrons. The van der Waals surface area contributed by atoms with Gasteiger partial charge in [0.2, 0.25) is 0 Å². The van der Waals surface area contributed by atoms with Crippen molar-refractivity contribution >= 4 is 22.1 Å². The minimum atomic E-state index is 0.823. The van der Waals surface area contributed by atoms with Gasteiger partial charge in [-0.3, -0.25) is 4.98 Å². The molecule has 0 fully saturated rings. The highest BCUT2D eigenvalue weighted by Gasteiger charge is 2.12. The molecule has 0 N–H and O–H groups in total. The van der Waals surface area contributed by atoms with E-state index in [1.165, 1.54) is 0 Å². The topological polar surface area (TPSA) is 38.9 Å². The molecule has 3 aromatic heterocycles. The number of para-hydroxylation sites is 1. The van der Waals surface area contributed by atoms with Gasteiger partial charge in [0.05, 0.1) is 11.4 Å². The quantitative estimate of drug-likeness (QED) is 0.510. The van der Waals surface area contributed by atoms with Crippen molar-refractivity contribution in [1.82, 2.24) is 9.97 Å². The van der Waals surface area contributed by atoms with Crippen molar-refractivity contribution in [3.63, 3.8) is 0 Å². The average Bonchev–Trinajstić information content (AvgIpc) is 2.84. The molecule has 3 nitrogen and oxygen atoms in total. The van der Waals surface area contributed by atoms with Crippen LogP contribution in [0.1, 0.15) is 5.56 Å². The number of fused-ring (bicyclic) bond motifs is 3. The van der Waals surface area contributed by atoms with Gasteiger partial charge in [0.15, 0.2) is 5.58 Å². The Morgan fingerprint density at radius 3 is 2.65 bits per heavy atom. The molecule has 0 saturated heterocycles. The molecule has 0 spiro atoms.